The average Bonchev–Trinajstić information content (AvgIpc) is 2.63. The molecule has 142 valence electrons. The van der Waals surface area contributed by atoms with Gasteiger partial charge in [-0.3, -0.25) is 0 Å². The van der Waals surface area contributed by atoms with Gasteiger partial charge in [-0.15, -0.1) is 0 Å². The number of nitriles is 1. The summed E-state index contributed by atoms with van der Waals surface area (Å²) < 4.78 is 27.4. The molecular formula is C20H24N4O2S. The fraction of sp³-hybridized carbons (Fsp3) is 0.400. The molecule has 6 nitrogen and oxygen atoms in total. The highest BCUT2D eigenvalue weighted by Crippen LogP contribution is 2.25. The quantitative estimate of drug-likeness (QED) is 0.813. The van der Waals surface area contributed by atoms with Crippen molar-refractivity contribution >= 4 is 15.8 Å². The van der Waals surface area contributed by atoms with Gasteiger partial charge in [-0.2, -0.15) is 9.57 Å². The van der Waals surface area contributed by atoms with Gasteiger partial charge in [-0.05, 0) is 62.6 Å². The van der Waals surface area contributed by atoms with E-state index in [1.165, 1.54) is 4.31 Å². The second-order valence-corrected chi connectivity index (χ2v) is 8.97. The summed E-state index contributed by atoms with van der Waals surface area (Å²) in [4.78, 5) is 6.87. The number of nitrogens with zero attached hydrogens (tertiary/aromatic N) is 4. The van der Waals surface area contributed by atoms with E-state index >= 15 is 0 Å². The Labute approximate surface area is 161 Å². The number of pyridine rings is 1. The molecule has 1 saturated heterocycles. The third kappa shape index (κ3) is 3.68. The summed E-state index contributed by atoms with van der Waals surface area (Å²) in [5, 5.41) is 9.48. The minimum atomic E-state index is -3.52. The maximum atomic E-state index is 13.0. The Hall–Kier alpha value is -2.43. The van der Waals surface area contributed by atoms with E-state index in [0.717, 1.165) is 22.4 Å². The highest BCUT2D eigenvalue weighted by molar-refractivity contribution is 7.89. The molecule has 1 aliphatic rings. The van der Waals surface area contributed by atoms with Crippen molar-refractivity contribution in [1.29, 1.82) is 5.26 Å². The van der Waals surface area contributed by atoms with Gasteiger partial charge in [-0.1, -0.05) is 6.07 Å². The van der Waals surface area contributed by atoms with E-state index in [9.17, 15) is 13.7 Å². The summed E-state index contributed by atoms with van der Waals surface area (Å²) in [7, 11) is -3.52. The summed E-state index contributed by atoms with van der Waals surface area (Å²) in [6.45, 7) is 9.44. The van der Waals surface area contributed by atoms with E-state index in [1.54, 1.807) is 12.1 Å². The third-order valence-corrected chi connectivity index (χ3v) is 6.99. The standard InChI is InChI=1S/C20H24N4O2S/c1-14-5-6-18(12-15(14)2)27(25,26)24-9-7-23(8-10-24)20-19(13-21)16(3)11-17(4)22-20/h5-6,11-12H,7-10H2,1-4H3. The number of hydrogen-bond acceptors (Lipinski definition) is 5. The van der Waals surface area contributed by atoms with E-state index in [2.05, 4.69) is 11.1 Å². The van der Waals surface area contributed by atoms with Gasteiger partial charge in [0.15, 0.2) is 0 Å². The molecule has 0 N–H and O–H groups in total. The molecule has 0 bridgehead atoms. The van der Waals surface area contributed by atoms with Gasteiger partial charge < -0.3 is 4.90 Å². The molecule has 0 aliphatic carbocycles. The van der Waals surface area contributed by atoms with E-state index in [0.29, 0.717) is 42.5 Å². The van der Waals surface area contributed by atoms with Crippen LogP contribution in [0.1, 0.15) is 27.9 Å². The van der Waals surface area contributed by atoms with E-state index in [-0.39, 0.29) is 0 Å². The molecule has 1 fully saturated rings. The molecule has 0 radical (unpaired) electrons. The van der Waals surface area contributed by atoms with Crippen molar-refractivity contribution in [3.05, 3.63) is 52.2 Å². The number of anilines is 1. The number of aryl methyl sites for hydroxylation is 4. The van der Waals surface area contributed by atoms with Crippen LogP contribution in [0.25, 0.3) is 0 Å². The van der Waals surface area contributed by atoms with Crippen molar-refractivity contribution < 1.29 is 8.42 Å². The third-order valence-electron chi connectivity index (χ3n) is 5.09. The molecule has 1 aliphatic heterocycles. The van der Waals surface area contributed by atoms with Crippen LogP contribution in [-0.4, -0.2) is 43.9 Å². The predicted octanol–water partition coefficient (Wildman–Crippen LogP) is 2.70. The van der Waals surface area contributed by atoms with Gasteiger partial charge in [-0.25, -0.2) is 13.4 Å². The summed E-state index contributed by atoms with van der Waals surface area (Å²) >= 11 is 0. The number of sulfonamides is 1. The van der Waals surface area contributed by atoms with Crippen molar-refractivity contribution in [2.24, 2.45) is 0 Å². The van der Waals surface area contributed by atoms with Crippen LogP contribution in [-0.2, 0) is 10.0 Å². The Morgan fingerprint density at radius 1 is 0.963 bits per heavy atom. The lowest BCUT2D eigenvalue weighted by atomic mass is 10.1. The van der Waals surface area contributed by atoms with Crippen molar-refractivity contribution in [2.45, 2.75) is 32.6 Å². The first kappa shape index (κ1) is 19.3. The van der Waals surface area contributed by atoms with Crippen LogP contribution in [0.2, 0.25) is 0 Å². The van der Waals surface area contributed by atoms with Gasteiger partial charge in [0.1, 0.15) is 11.9 Å². The van der Waals surface area contributed by atoms with Crippen LogP contribution in [0.3, 0.4) is 0 Å². The smallest absolute Gasteiger partial charge is 0.243 e. The number of piperazine rings is 1. The summed E-state index contributed by atoms with van der Waals surface area (Å²) in [5.41, 5.74) is 4.35. The molecule has 2 heterocycles. The molecule has 3 rings (SSSR count). The lowest BCUT2D eigenvalue weighted by Gasteiger charge is -2.35. The fourth-order valence-electron chi connectivity index (χ4n) is 3.35. The minimum Gasteiger partial charge on any atom is -0.353 e. The molecule has 0 unspecified atom stereocenters. The van der Waals surface area contributed by atoms with Crippen LogP contribution >= 0.6 is 0 Å². The maximum absolute atomic E-state index is 13.0. The van der Waals surface area contributed by atoms with E-state index in [4.69, 9.17) is 0 Å². The first-order valence-corrected chi connectivity index (χ1v) is 10.4. The second-order valence-electron chi connectivity index (χ2n) is 7.03. The zero-order valence-corrected chi connectivity index (χ0v) is 17.0. The highest BCUT2D eigenvalue weighted by Gasteiger charge is 2.30. The molecule has 27 heavy (non-hydrogen) atoms. The first-order valence-electron chi connectivity index (χ1n) is 8.94. The Balaban J connectivity index is 1.81. The SMILES string of the molecule is Cc1cc(C)c(C#N)c(N2CCN(S(=O)(=O)c3ccc(C)c(C)c3)CC2)n1. The van der Waals surface area contributed by atoms with Gasteiger partial charge in [0, 0.05) is 31.9 Å². The largest absolute Gasteiger partial charge is 0.353 e. The number of rotatable bonds is 3. The molecule has 7 heteroatoms. The molecule has 1 aromatic heterocycles. The van der Waals surface area contributed by atoms with Gasteiger partial charge in [0.2, 0.25) is 10.0 Å². The molecule has 2 aromatic rings. The Bertz CT molecular complexity index is 1020. The summed E-state index contributed by atoms with van der Waals surface area (Å²) in [6.07, 6.45) is 0. The van der Waals surface area contributed by atoms with E-state index < -0.39 is 10.0 Å². The molecule has 1 aromatic carbocycles. The van der Waals surface area contributed by atoms with Gasteiger partial charge in [0.25, 0.3) is 0 Å². The summed E-state index contributed by atoms with van der Waals surface area (Å²) in [5.74, 6) is 0.651. The van der Waals surface area contributed by atoms with Crippen LogP contribution in [0.5, 0.6) is 0 Å². The Morgan fingerprint density at radius 3 is 2.22 bits per heavy atom. The summed E-state index contributed by atoms with van der Waals surface area (Å²) in [6, 6.07) is 9.37. The minimum absolute atomic E-state index is 0.335. The lowest BCUT2D eigenvalue weighted by Crippen LogP contribution is -2.49. The Kier molecular flexibility index (Phi) is 5.22. The van der Waals surface area contributed by atoms with Crippen molar-refractivity contribution in [1.82, 2.24) is 9.29 Å². The van der Waals surface area contributed by atoms with Crippen molar-refractivity contribution in [2.75, 3.05) is 31.1 Å². The average molecular weight is 385 g/mol. The topological polar surface area (TPSA) is 77.3 Å². The number of hydrogen-bond donors (Lipinski definition) is 0. The van der Waals surface area contributed by atoms with Crippen LogP contribution in [0.15, 0.2) is 29.2 Å². The van der Waals surface area contributed by atoms with Crippen LogP contribution in [0.4, 0.5) is 5.82 Å². The second kappa shape index (κ2) is 7.29. The first-order chi connectivity index (χ1) is 12.7. The lowest BCUT2D eigenvalue weighted by molar-refractivity contribution is 0.383. The van der Waals surface area contributed by atoms with Crippen molar-refractivity contribution in [3.8, 4) is 6.07 Å². The fourth-order valence-corrected chi connectivity index (χ4v) is 4.86. The molecule has 0 spiro atoms. The zero-order valence-electron chi connectivity index (χ0n) is 16.2. The maximum Gasteiger partial charge on any atom is 0.243 e. The van der Waals surface area contributed by atoms with Gasteiger partial charge in [0.05, 0.1) is 10.5 Å². The van der Waals surface area contributed by atoms with Crippen LogP contribution in [0, 0.1) is 39.0 Å². The normalized spacial score (nSPS) is 15.6. The number of aromatic nitrogens is 1. The number of benzene rings is 1. The van der Waals surface area contributed by atoms with Gasteiger partial charge >= 0.3 is 0 Å². The predicted molar refractivity (Wildman–Crippen MR) is 105 cm³/mol. The molecule has 0 atom stereocenters. The Morgan fingerprint density at radius 2 is 1.63 bits per heavy atom. The van der Waals surface area contributed by atoms with Crippen LogP contribution < -0.4 is 4.90 Å². The molecular weight excluding hydrogens is 360 g/mol. The molecule has 0 saturated carbocycles. The van der Waals surface area contributed by atoms with Crippen molar-refractivity contribution in [3.63, 3.8) is 0 Å². The highest BCUT2D eigenvalue weighted by atomic mass is 32.2. The monoisotopic (exact) mass is 384 g/mol. The zero-order chi connectivity index (χ0) is 19.8. The molecule has 0 amide bonds. The van der Waals surface area contributed by atoms with E-state index in [1.807, 2.05) is 44.7 Å².